The summed E-state index contributed by atoms with van der Waals surface area (Å²) in [4.78, 5) is 5.26. The van der Waals surface area contributed by atoms with E-state index in [1.807, 2.05) is 20.8 Å². The molecule has 1 aromatic carbocycles. The standard InChI is InChI=1S/C13H15FN2S/c1-7-4-5-11(14)10(6-7)12(15)13-8(2)16-9(3)17-13/h4-6,12H,15H2,1-3H3. The number of halogens is 1. The zero-order valence-corrected chi connectivity index (χ0v) is 10.9. The Morgan fingerprint density at radius 3 is 2.59 bits per heavy atom. The van der Waals surface area contributed by atoms with Crippen LogP contribution in [0.2, 0.25) is 0 Å². The number of hydrogen-bond donors (Lipinski definition) is 1. The van der Waals surface area contributed by atoms with Gasteiger partial charge in [0.05, 0.1) is 16.7 Å². The van der Waals surface area contributed by atoms with Gasteiger partial charge in [0.2, 0.25) is 0 Å². The van der Waals surface area contributed by atoms with Crippen molar-refractivity contribution in [2.45, 2.75) is 26.8 Å². The second-order valence-corrected chi connectivity index (χ2v) is 5.42. The van der Waals surface area contributed by atoms with Crippen molar-refractivity contribution in [3.8, 4) is 0 Å². The molecule has 0 aliphatic heterocycles. The molecule has 0 saturated carbocycles. The SMILES string of the molecule is Cc1ccc(F)c(C(N)c2sc(C)nc2C)c1. The summed E-state index contributed by atoms with van der Waals surface area (Å²) < 4.78 is 13.7. The minimum Gasteiger partial charge on any atom is -0.319 e. The maximum Gasteiger partial charge on any atom is 0.128 e. The fourth-order valence-electron chi connectivity index (χ4n) is 1.88. The molecule has 1 atom stereocenters. The minimum atomic E-state index is -0.430. The smallest absolute Gasteiger partial charge is 0.128 e. The van der Waals surface area contributed by atoms with Gasteiger partial charge in [0.1, 0.15) is 5.82 Å². The summed E-state index contributed by atoms with van der Waals surface area (Å²) in [5.74, 6) is -0.256. The molecule has 2 rings (SSSR count). The average molecular weight is 250 g/mol. The van der Waals surface area contributed by atoms with Crippen LogP contribution in [-0.4, -0.2) is 4.98 Å². The Hall–Kier alpha value is -1.26. The summed E-state index contributed by atoms with van der Waals surface area (Å²) in [6.07, 6.45) is 0. The quantitative estimate of drug-likeness (QED) is 0.888. The van der Waals surface area contributed by atoms with E-state index in [0.29, 0.717) is 5.56 Å². The third-order valence-electron chi connectivity index (χ3n) is 2.71. The van der Waals surface area contributed by atoms with E-state index >= 15 is 0 Å². The lowest BCUT2D eigenvalue weighted by molar-refractivity contribution is 0.600. The Morgan fingerprint density at radius 1 is 1.29 bits per heavy atom. The first kappa shape index (κ1) is 12.2. The van der Waals surface area contributed by atoms with Gasteiger partial charge in [0.15, 0.2) is 0 Å². The van der Waals surface area contributed by atoms with Crippen LogP contribution in [0.5, 0.6) is 0 Å². The van der Waals surface area contributed by atoms with Crippen molar-refractivity contribution in [3.05, 3.63) is 50.7 Å². The molecule has 0 amide bonds. The number of thiazole rings is 1. The molecule has 2 nitrogen and oxygen atoms in total. The third-order valence-corrected chi connectivity index (χ3v) is 3.86. The number of rotatable bonds is 2. The Kier molecular flexibility index (Phi) is 3.26. The predicted molar refractivity (Wildman–Crippen MR) is 68.8 cm³/mol. The number of aromatic nitrogens is 1. The lowest BCUT2D eigenvalue weighted by Crippen LogP contribution is -2.13. The Bertz CT molecular complexity index is 548. The number of hydrogen-bond acceptors (Lipinski definition) is 3. The molecule has 1 heterocycles. The second kappa shape index (κ2) is 4.55. The molecular formula is C13H15FN2S. The van der Waals surface area contributed by atoms with E-state index in [-0.39, 0.29) is 5.82 Å². The number of aryl methyl sites for hydroxylation is 3. The fourth-order valence-corrected chi connectivity index (χ4v) is 2.83. The molecule has 1 unspecified atom stereocenters. The minimum absolute atomic E-state index is 0.256. The van der Waals surface area contributed by atoms with Crippen molar-refractivity contribution in [1.29, 1.82) is 0 Å². The highest BCUT2D eigenvalue weighted by Gasteiger charge is 2.18. The van der Waals surface area contributed by atoms with Gasteiger partial charge in [0, 0.05) is 10.4 Å². The van der Waals surface area contributed by atoms with Gasteiger partial charge in [-0.3, -0.25) is 0 Å². The first-order valence-corrected chi connectivity index (χ1v) is 6.26. The summed E-state index contributed by atoms with van der Waals surface area (Å²) >= 11 is 1.53. The Balaban J connectivity index is 2.46. The van der Waals surface area contributed by atoms with Gasteiger partial charge in [-0.2, -0.15) is 0 Å². The first-order valence-electron chi connectivity index (χ1n) is 5.44. The van der Waals surface area contributed by atoms with E-state index in [1.54, 1.807) is 12.1 Å². The first-order chi connectivity index (χ1) is 7.99. The summed E-state index contributed by atoms with van der Waals surface area (Å²) in [6, 6.07) is 4.58. The summed E-state index contributed by atoms with van der Waals surface area (Å²) in [5.41, 5.74) is 8.57. The van der Waals surface area contributed by atoms with Gasteiger partial charge in [0.25, 0.3) is 0 Å². The van der Waals surface area contributed by atoms with Gasteiger partial charge in [-0.1, -0.05) is 17.7 Å². The van der Waals surface area contributed by atoms with Crippen LogP contribution in [0.3, 0.4) is 0 Å². The number of nitrogens with two attached hydrogens (primary N) is 1. The van der Waals surface area contributed by atoms with E-state index in [2.05, 4.69) is 4.98 Å². The molecule has 2 N–H and O–H groups in total. The van der Waals surface area contributed by atoms with Gasteiger partial charge in [-0.05, 0) is 26.8 Å². The van der Waals surface area contributed by atoms with E-state index in [1.165, 1.54) is 17.4 Å². The van der Waals surface area contributed by atoms with Crippen molar-refractivity contribution in [3.63, 3.8) is 0 Å². The lowest BCUT2D eigenvalue weighted by atomic mass is 10.0. The predicted octanol–water partition coefficient (Wildman–Crippen LogP) is 3.26. The molecule has 0 bridgehead atoms. The molecule has 0 aliphatic rings. The maximum atomic E-state index is 13.7. The molecule has 2 aromatic rings. The van der Waals surface area contributed by atoms with Gasteiger partial charge < -0.3 is 5.73 Å². The average Bonchev–Trinajstić information content (AvgIpc) is 2.60. The fraction of sp³-hybridized carbons (Fsp3) is 0.308. The van der Waals surface area contributed by atoms with Crippen LogP contribution in [0, 0.1) is 26.6 Å². The van der Waals surface area contributed by atoms with E-state index in [9.17, 15) is 4.39 Å². The van der Waals surface area contributed by atoms with E-state index in [0.717, 1.165) is 21.1 Å². The van der Waals surface area contributed by atoms with Gasteiger partial charge in [-0.15, -0.1) is 11.3 Å². The molecule has 0 aliphatic carbocycles. The highest BCUT2D eigenvalue weighted by molar-refractivity contribution is 7.11. The normalized spacial score (nSPS) is 12.8. The molecule has 1 aromatic heterocycles. The van der Waals surface area contributed by atoms with Crippen LogP contribution >= 0.6 is 11.3 Å². The molecule has 0 fully saturated rings. The van der Waals surface area contributed by atoms with Gasteiger partial charge >= 0.3 is 0 Å². The van der Waals surface area contributed by atoms with E-state index < -0.39 is 6.04 Å². The molecule has 90 valence electrons. The highest BCUT2D eigenvalue weighted by atomic mass is 32.1. The van der Waals surface area contributed by atoms with Crippen LogP contribution in [-0.2, 0) is 0 Å². The molecule has 0 spiro atoms. The second-order valence-electron chi connectivity index (χ2n) is 4.19. The van der Waals surface area contributed by atoms with Crippen molar-refractivity contribution in [2.75, 3.05) is 0 Å². The monoisotopic (exact) mass is 250 g/mol. The van der Waals surface area contributed by atoms with Crippen LogP contribution < -0.4 is 5.73 Å². The van der Waals surface area contributed by atoms with Gasteiger partial charge in [-0.25, -0.2) is 9.37 Å². The maximum absolute atomic E-state index is 13.7. The van der Waals surface area contributed by atoms with Crippen molar-refractivity contribution >= 4 is 11.3 Å². The zero-order chi connectivity index (χ0) is 12.6. The van der Waals surface area contributed by atoms with Crippen LogP contribution in [0.4, 0.5) is 4.39 Å². The summed E-state index contributed by atoms with van der Waals surface area (Å²) in [5, 5.41) is 0.959. The largest absolute Gasteiger partial charge is 0.319 e. The zero-order valence-electron chi connectivity index (χ0n) is 10.1. The third kappa shape index (κ3) is 2.37. The van der Waals surface area contributed by atoms with E-state index in [4.69, 9.17) is 5.73 Å². The Morgan fingerprint density at radius 2 is 2.00 bits per heavy atom. The lowest BCUT2D eigenvalue weighted by Gasteiger charge is -2.12. The van der Waals surface area contributed by atoms with Crippen molar-refractivity contribution in [2.24, 2.45) is 5.73 Å². The molecule has 0 radical (unpaired) electrons. The summed E-state index contributed by atoms with van der Waals surface area (Å²) in [6.45, 7) is 5.77. The van der Waals surface area contributed by atoms with Crippen molar-refractivity contribution in [1.82, 2.24) is 4.98 Å². The molecule has 0 saturated heterocycles. The summed E-state index contributed by atoms with van der Waals surface area (Å²) in [7, 11) is 0. The number of nitrogens with zero attached hydrogens (tertiary/aromatic N) is 1. The molecular weight excluding hydrogens is 235 g/mol. The van der Waals surface area contributed by atoms with Crippen LogP contribution in [0.1, 0.15) is 32.7 Å². The van der Waals surface area contributed by atoms with Crippen LogP contribution in [0.15, 0.2) is 18.2 Å². The number of benzene rings is 1. The molecule has 4 heteroatoms. The Labute approximate surface area is 104 Å². The van der Waals surface area contributed by atoms with Crippen molar-refractivity contribution < 1.29 is 4.39 Å². The topological polar surface area (TPSA) is 38.9 Å². The van der Waals surface area contributed by atoms with Crippen LogP contribution in [0.25, 0.3) is 0 Å². The molecule has 17 heavy (non-hydrogen) atoms. The highest BCUT2D eigenvalue weighted by Crippen LogP contribution is 2.29.